The summed E-state index contributed by atoms with van der Waals surface area (Å²) in [5.41, 5.74) is 3.20. The summed E-state index contributed by atoms with van der Waals surface area (Å²) >= 11 is 0. The van der Waals surface area contributed by atoms with Gasteiger partial charge in [-0.1, -0.05) is 54.6 Å². The van der Waals surface area contributed by atoms with Crippen LogP contribution in [0, 0.1) is 0 Å². The van der Waals surface area contributed by atoms with Crippen molar-refractivity contribution < 1.29 is 14.0 Å². The van der Waals surface area contributed by atoms with Crippen molar-refractivity contribution in [1.82, 2.24) is 0 Å². The van der Waals surface area contributed by atoms with Crippen LogP contribution in [0.15, 0.2) is 108 Å². The van der Waals surface area contributed by atoms with Crippen molar-refractivity contribution in [2.24, 2.45) is 0 Å². The van der Waals surface area contributed by atoms with Crippen molar-refractivity contribution >= 4 is 29.0 Å². The van der Waals surface area contributed by atoms with E-state index in [1.807, 2.05) is 91.9 Å². The van der Waals surface area contributed by atoms with Gasteiger partial charge >= 0.3 is 6.03 Å². The zero-order chi connectivity index (χ0) is 23.5. The maximum atomic E-state index is 13.7. The molecule has 2 atom stereocenters. The van der Waals surface area contributed by atoms with Crippen molar-refractivity contribution in [3.05, 3.63) is 115 Å². The highest BCUT2D eigenvalue weighted by molar-refractivity contribution is 6.06. The van der Waals surface area contributed by atoms with Crippen molar-refractivity contribution in [1.29, 1.82) is 0 Å². The molecule has 0 radical (unpaired) electrons. The van der Waals surface area contributed by atoms with E-state index in [1.165, 1.54) is 6.26 Å². The molecule has 0 saturated heterocycles. The lowest BCUT2D eigenvalue weighted by Crippen LogP contribution is -2.48. The summed E-state index contributed by atoms with van der Waals surface area (Å²) in [7, 11) is 0. The van der Waals surface area contributed by atoms with E-state index >= 15 is 0 Å². The normalized spacial score (nSPS) is 17.0. The lowest BCUT2D eigenvalue weighted by atomic mass is 9.90. The zero-order valence-electron chi connectivity index (χ0n) is 18.8. The number of hydrogen-bond acceptors (Lipinski definition) is 3. The Kier molecular flexibility index (Phi) is 5.87. The number of carbonyl (C=O) groups is 2. The first-order valence-electron chi connectivity index (χ1n) is 11.3. The van der Waals surface area contributed by atoms with E-state index in [1.54, 1.807) is 21.9 Å². The van der Waals surface area contributed by atoms with E-state index in [2.05, 4.69) is 5.32 Å². The first-order chi connectivity index (χ1) is 16.6. The smallest absolute Gasteiger partial charge is 0.326 e. The highest BCUT2D eigenvalue weighted by Gasteiger charge is 2.39. The molecular weight excluding hydrogens is 426 g/mol. The van der Waals surface area contributed by atoms with Gasteiger partial charge in [0.05, 0.1) is 12.3 Å². The second-order valence-electron chi connectivity index (χ2n) is 8.31. The molecule has 2 unspecified atom stereocenters. The molecule has 170 valence electrons. The number of amides is 3. The van der Waals surface area contributed by atoms with Crippen molar-refractivity contribution in [2.45, 2.75) is 25.4 Å². The SMILES string of the molecule is CC1CC(N(C(=O)Nc2ccccc2)c2ccccc2)c2ccccc2N1C(=O)c1ccco1. The van der Waals surface area contributed by atoms with Gasteiger partial charge in [-0.3, -0.25) is 9.69 Å². The van der Waals surface area contributed by atoms with E-state index in [-0.39, 0.29) is 24.0 Å². The maximum absolute atomic E-state index is 13.7. The Morgan fingerprint density at radius 2 is 1.56 bits per heavy atom. The second kappa shape index (κ2) is 9.27. The average molecular weight is 452 g/mol. The average Bonchev–Trinajstić information content (AvgIpc) is 3.40. The Bertz CT molecular complexity index is 1270. The van der Waals surface area contributed by atoms with Gasteiger partial charge < -0.3 is 14.6 Å². The second-order valence-corrected chi connectivity index (χ2v) is 8.31. The van der Waals surface area contributed by atoms with Gasteiger partial charge in [-0.05, 0) is 61.4 Å². The van der Waals surface area contributed by atoms with Gasteiger partial charge in [0.2, 0.25) is 0 Å². The first kappa shape index (κ1) is 21.5. The number of para-hydroxylation sites is 3. The molecule has 5 rings (SSSR count). The third-order valence-corrected chi connectivity index (χ3v) is 6.10. The molecule has 3 aromatic carbocycles. The highest BCUT2D eigenvalue weighted by Crippen LogP contribution is 2.42. The summed E-state index contributed by atoms with van der Waals surface area (Å²) in [6.45, 7) is 2.00. The van der Waals surface area contributed by atoms with Crippen molar-refractivity contribution in [3.8, 4) is 0 Å². The summed E-state index contributed by atoms with van der Waals surface area (Å²) in [4.78, 5) is 30.5. The molecule has 6 heteroatoms. The molecule has 0 spiro atoms. The lowest BCUT2D eigenvalue weighted by molar-refractivity contribution is 0.0946. The van der Waals surface area contributed by atoms with Crippen LogP contribution in [0.1, 0.15) is 35.5 Å². The van der Waals surface area contributed by atoms with E-state index in [0.717, 1.165) is 22.6 Å². The number of urea groups is 1. The topological polar surface area (TPSA) is 65.8 Å². The van der Waals surface area contributed by atoms with Crippen LogP contribution in [0.25, 0.3) is 0 Å². The van der Waals surface area contributed by atoms with E-state index in [4.69, 9.17) is 4.42 Å². The molecule has 0 fully saturated rings. The number of carbonyl (C=O) groups excluding carboxylic acids is 2. The fourth-order valence-electron chi connectivity index (χ4n) is 4.59. The van der Waals surface area contributed by atoms with Gasteiger partial charge in [0.25, 0.3) is 5.91 Å². The minimum Gasteiger partial charge on any atom is -0.459 e. The Hall–Kier alpha value is -4.32. The molecule has 0 bridgehead atoms. The van der Waals surface area contributed by atoms with Crippen LogP contribution in [0.3, 0.4) is 0 Å². The quantitative estimate of drug-likeness (QED) is 0.385. The molecule has 3 amide bonds. The molecule has 1 aromatic heterocycles. The van der Waals surface area contributed by atoms with Crippen LogP contribution in [0.2, 0.25) is 0 Å². The Balaban J connectivity index is 1.56. The van der Waals surface area contributed by atoms with E-state index in [0.29, 0.717) is 12.2 Å². The van der Waals surface area contributed by atoms with Crippen LogP contribution in [-0.2, 0) is 0 Å². The fraction of sp³-hybridized carbons (Fsp3) is 0.143. The number of fused-ring (bicyclic) bond motifs is 1. The van der Waals surface area contributed by atoms with Gasteiger partial charge in [0, 0.05) is 23.1 Å². The standard InChI is InChI=1S/C28H25N3O3/c1-20-19-25(23-15-8-9-16-24(23)30(20)27(32)26-17-10-18-34-26)31(22-13-6-3-7-14-22)28(33)29-21-11-4-2-5-12-21/h2-18,20,25H,19H2,1H3,(H,29,33). The molecule has 0 aliphatic carbocycles. The molecule has 4 aromatic rings. The number of nitrogens with one attached hydrogen (secondary N) is 1. The first-order valence-corrected chi connectivity index (χ1v) is 11.3. The van der Waals surface area contributed by atoms with Gasteiger partial charge in [-0.2, -0.15) is 0 Å². The number of anilines is 3. The largest absolute Gasteiger partial charge is 0.459 e. The van der Waals surface area contributed by atoms with Gasteiger partial charge in [0.15, 0.2) is 5.76 Å². The van der Waals surface area contributed by atoms with Crippen LogP contribution < -0.4 is 15.1 Å². The van der Waals surface area contributed by atoms with Crippen LogP contribution in [0.4, 0.5) is 21.9 Å². The third-order valence-electron chi connectivity index (χ3n) is 6.10. The molecule has 1 N–H and O–H groups in total. The van der Waals surface area contributed by atoms with Gasteiger partial charge in [0.1, 0.15) is 0 Å². The number of nitrogens with zero attached hydrogens (tertiary/aromatic N) is 2. The highest BCUT2D eigenvalue weighted by atomic mass is 16.3. The molecule has 0 saturated carbocycles. The van der Waals surface area contributed by atoms with E-state index < -0.39 is 0 Å². The minimum absolute atomic E-state index is 0.159. The monoisotopic (exact) mass is 451 g/mol. The summed E-state index contributed by atoms with van der Waals surface area (Å²) in [6, 6.07) is 29.5. The summed E-state index contributed by atoms with van der Waals surface area (Å²) in [6.07, 6.45) is 2.07. The fourth-order valence-corrected chi connectivity index (χ4v) is 4.59. The summed E-state index contributed by atoms with van der Waals surface area (Å²) in [5.74, 6) is 0.102. The van der Waals surface area contributed by atoms with Crippen LogP contribution >= 0.6 is 0 Å². The third kappa shape index (κ3) is 4.06. The molecular formula is C28H25N3O3. The number of benzene rings is 3. The van der Waals surface area contributed by atoms with Crippen LogP contribution in [0.5, 0.6) is 0 Å². The molecule has 2 heterocycles. The predicted octanol–water partition coefficient (Wildman–Crippen LogP) is 6.50. The number of hydrogen-bond donors (Lipinski definition) is 1. The Labute approximate surface area is 198 Å². The lowest BCUT2D eigenvalue weighted by Gasteiger charge is -2.43. The van der Waals surface area contributed by atoms with Crippen molar-refractivity contribution in [3.63, 3.8) is 0 Å². The maximum Gasteiger partial charge on any atom is 0.326 e. The van der Waals surface area contributed by atoms with Gasteiger partial charge in [-0.15, -0.1) is 0 Å². The minimum atomic E-state index is -0.266. The Morgan fingerprint density at radius 1 is 0.882 bits per heavy atom. The van der Waals surface area contributed by atoms with E-state index in [9.17, 15) is 9.59 Å². The molecule has 1 aliphatic heterocycles. The number of furan rings is 1. The van der Waals surface area contributed by atoms with Gasteiger partial charge in [-0.25, -0.2) is 4.79 Å². The zero-order valence-corrected chi connectivity index (χ0v) is 18.8. The Morgan fingerprint density at radius 3 is 2.26 bits per heavy atom. The van der Waals surface area contributed by atoms with Crippen molar-refractivity contribution in [2.75, 3.05) is 15.1 Å². The number of rotatable bonds is 4. The summed E-state index contributed by atoms with van der Waals surface area (Å²) in [5, 5.41) is 3.03. The molecule has 1 aliphatic rings. The molecule has 34 heavy (non-hydrogen) atoms. The summed E-state index contributed by atoms with van der Waals surface area (Å²) < 4.78 is 5.39. The molecule has 6 nitrogen and oxygen atoms in total. The van der Waals surface area contributed by atoms with Crippen LogP contribution in [-0.4, -0.2) is 18.0 Å². The predicted molar refractivity (Wildman–Crippen MR) is 133 cm³/mol.